The first-order valence-electron chi connectivity index (χ1n) is 16.1. The lowest BCUT2D eigenvalue weighted by Gasteiger charge is -2.26. The standard InChI is InChI=1S/C37H42N6O4/c1-26-33(36(45)43(29-9-5-4-6-10-29)42(26)25-37(2,3)46)35(44)40-28-15-13-27(14-16-28)30-11-7-12-32-31(30)17-19-39-34(32)38-18-8-20-41-21-23-47-24-22-41/h4-7,9-17,19,46H,8,18,20-25H2,1-3H3,(H,38,39)(H,40,44). The summed E-state index contributed by atoms with van der Waals surface area (Å²) >= 11 is 0. The van der Waals surface area contributed by atoms with Gasteiger partial charge in [-0.05, 0) is 80.6 Å². The second-order valence-corrected chi connectivity index (χ2v) is 12.6. The molecule has 1 aliphatic rings. The van der Waals surface area contributed by atoms with Crippen molar-refractivity contribution >= 4 is 28.2 Å². The molecule has 5 aromatic rings. The predicted molar refractivity (Wildman–Crippen MR) is 187 cm³/mol. The molecule has 1 aliphatic heterocycles. The molecule has 0 saturated carbocycles. The molecule has 6 rings (SSSR count). The molecule has 244 valence electrons. The number of carbonyl (C=O) groups excluding carboxylic acids is 1. The number of nitrogens with one attached hydrogen (secondary N) is 2. The summed E-state index contributed by atoms with van der Waals surface area (Å²) in [4.78, 5) is 34.3. The third kappa shape index (κ3) is 7.30. The Labute approximate surface area is 274 Å². The number of amides is 1. The Kier molecular flexibility index (Phi) is 9.53. The Hall–Kier alpha value is -4.77. The van der Waals surface area contributed by atoms with Gasteiger partial charge >= 0.3 is 0 Å². The van der Waals surface area contributed by atoms with E-state index in [2.05, 4.69) is 32.7 Å². The molecule has 1 fully saturated rings. The van der Waals surface area contributed by atoms with Crippen molar-refractivity contribution < 1.29 is 14.6 Å². The summed E-state index contributed by atoms with van der Waals surface area (Å²) < 4.78 is 8.56. The minimum atomic E-state index is -1.10. The van der Waals surface area contributed by atoms with Gasteiger partial charge in [-0.15, -0.1) is 0 Å². The predicted octanol–water partition coefficient (Wildman–Crippen LogP) is 5.32. The molecule has 0 spiro atoms. The zero-order valence-corrected chi connectivity index (χ0v) is 27.2. The van der Waals surface area contributed by atoms with Gasteiger partial charge in [0.2, 0.25) is 0 Å². The molecule has 1 amide bonds. The van der Waals surface area contributed by atoms with Crippen molar-refractivity contribution in [1.82, 2.24) is 19.2 Å². The molecule has 0 aliphatic carbocycles. The van der Waals surface area contributed by atoms with Crippen molar-refractivity contribution in [3.8, 4) is 16.8 Å². The van der Waals surface area contributed by atoms with E-state index in [4.69, 9.17) is 4.74 Å². The van der Waals surface area contributed by atoms with Crippen LogP contribution in [0.25, 0.3) is 27.6 Å². The fourth-order valence-corrected chi connectivity index (χ4v) is 6.15. The number of carbonyl (C=O) groups is 1. The van der Waals surface area contributed by atoms with Crippen molar-refractivity contribution in [3.05, 3.63) is 107 Å². The third-order valence-corrected chi connectivity index (χ3v) is 8.47. The maximum atomic E-state index is 13.7. The van der Waals surface area contributed by atoms with Gasteiger partial charge in [-0.2, -0.15) is 0 Å². The number of aliphatic hydroxyl groups is 1. The SMILES string of the molecule is Cc1c(C(=O)Nc2ccc(-c3cccc4c(NCCCN5CCOCC5)nccc34)cc2)c(=O)n(-c2ccccc2)n1CC(C)(C)O. The van der Waals surface area contributed by atoms with Gasteiger partial charge in [0.25, 0.3) is 11.5 Å². The highest BCUT2D eigenvalue weighted by Gasteiger charge is 2.27. The lowest BCUT2D eigenvalue weighted by molar-refractivity contribution is 0.0378. The highest BCUT2D eigenvalue weighted by molar-refractivity contribution is 6.05. The van der Waals surface area contributed by atoms with Gasteiger partial charge in [0.15, 0.2) is 0 Å². The van der Waals surface area contributed by atoms with Crippen LogP contribution in [0.4, 0.5) is 11.5 Å². The molecule has 1 saturated heterocycles. The maximum absolute atomic E-state index is 13.7. The van der Waals surface area contributed by atoms with Crippen LogP contribution in [0.2, 0.25) is 0 Å². The van der Waals surface area contributed by atoms with Crippen LogP contribution in [0.3, 0.4) is 0 Å². The number of fused-ring (bicyclic) bond motifs is 1. The smallest absolute Gasteiger partial charge is 0.284 e. The molecule has 3 N–H and O–H groups in total. The Morgan fingerprint density at radius 1 is 0.957 bits per heavy atom. The van der Waals surface area contributed by atoms with Crippen LogP contribution >= 0.6 is 0 Å². The molecule has 0 radical (unpaired) electrons. The summed E-state index contributed by atoms with van der Waals surface area (Å²) in [7, 11) is 0. The lowest BCUT2D eigenvalue weighted by atomic mass is 9.99. The number of anilines is 2. The second kappa shape index (κ2) is 13.9. The van der Waals surface area contributed by atoms with Gasteiger partial charge in [0.05, 0.1) is 36.7 Å². The van der Waals surface area contributed by atoms with Gasteiger partial charge in [-0.3, -0.25) is 19.2 Å². The average molecular weight is 635 g/mol. The summed E-state index contributed by atoms with van der Waals surface area (Å²) in [5, 5.41) is 19.2. The van der Waals surface area contributed by atoms with E-state index < -0.39 is 17.1 Å². The van der Waals surface area contributed by atoms with E-state index in [0.717, 1.165) is 73.5 Å². The quantitative estimate of drug-likeness (QED) is 0.169. The highest BCUT2D eigenvalue weighted by Crippen LogP contribution is 2.32. The van der Waals surface area contributed by atoms with Gasteiger partial charge in [0.1, 0.15) is 11.4 Å². The lowest BCUT2D eigenvalue weighted by Crippen LogP contribution is -2.37. The highest BCUT2D eigenvalue weighted by atomic mass is 16.5. The largest absolute Gasteiger partial charge is 0.389 e. The number of para-hydroxylation sites is 1. The van der Waals surface area contributed by atoms with Crippen molar-refractivity contribution in [2.24, 2.45) is 0 Å². The Morgan fingerprint density at radius 3 is 2.43 bits per heavy atom. The van der Waals surface area contributed by atoms with E-state index in [1.807, 2.05) is 60.8 Å². The summed E-state index contributed by atoms with van der Waals surface area (Å²) in [6, 6.07) is 25.0. The Bertz CT molecular complexity index is 1900. The first-order chi connectivity index (χ1) is 22.7. The molecule has 10 nitrogen and oxygen atoms in total. The normalized spacial score (nSPS) is 14.0. The van der Waals surface area contributed by atoms with Crippen molar-refractivity contribution in [2.45, 2.75) is 39.3 Å². The van der Waals surface area contributed by atoms with Crippen LogP contribution in [0.1, 0.15) is 36.3 Å². The van der Waals surface area contributed by atoms with Gasteiger partial charge in [0, 0.05) is 36.9 Å². The summed E-state index contributed by atoms with van der Waals surface area (Å²) in [6.07, 6.45) is 2.86. The Morgan fingerprint density at radius 2 is 1.70 bits per heavy atom. The molecular weight excluding hydrogens is 592 g/mol. The van der Waals surface area contributed by atoms with E-state index >= 15 is 0 Å². The van der Waals surface area contributed by atoms with E-state index in [0.29, 0.717) is 17.1 Å². The first-order valence-corrected chi connectivity index (χ1v) is 16.1. The van der Waals surface area contributed by atoms with Crippen molar-refractivity contribution in [1.29, 1.82) is 0 Å². The number of hydrogen-bond acceptors (Lipinski definition) is 7. The number of aromatic nitrogens is 3. The van der Waals surface area contributed by atoms with E-state index in [9.17, 15) is 14.7 Å². The Balaban J connectivity index is 1.20. The number of benzene rings is 3. The third-order valence-electron chi connectivity index (χ3n) is 8.47. The van der Waals surface area contributed by atoms with Crippen LogP contribution in [-0.4, -0.2) is 75.3 Å². The fraction of sp³-hybridized carbons (Fsp3) is 0.324. The van der Waals surface area contributed by atoms with Crippen LogP contribution in [0.5, 0.6) is 0 Å². The average Bonchev–Trinajstić information content (AvgIpc) is 3.31. The number of ether oxygens (including phenoxy) is 1. The molecule has 47 heavy (non-hydrogen) atoms. The zero-order chi connectivity index (χ0) is 33.0. The molecule has 3 heterocycles. The number of pyridine rings is 1. The van der Waals surface area contributed by atoms with Crippen molar-refractivity contribution in [2.75, 3.05) is 50.0 Å². The maximum Gasteiger partial charge on any atom is 0.284 e. The van der Waals surface area contributed by atoms with Gasteiger partial charge < -0.3 is 20.5 Å². The van der Waals surface area contributed by atoms with Crippen LogP contribution < -0.4 is 16.2 Å². The summed E-state index contributed by atoms with van der Waals surface area (Å²) in [5.41, 5.74) is 2.21. The van der Waals surface area contributed by atoms with E-state index in [-0.39, 0.29) is 12.1 Å². The van der Waals surface area contributed by atoms with Gasteiger partial charge in [-0.25, -0.2) is 9.67 Å². The number of rotatable bonds is 11. The van der Waals surface area contributed by atoms with Gasteiger partial charge in [-0.1, -0.05) is 48.5 Å². The minimum Gasteiger partial charge on any atom is -0.389 e. The van der Waals surface area contributed by atoms with E-state index in [1.165, 1.54) is 4.68 Å². The molecule has 0 unspecified atom stereocenters. The topological polar surface area (TPSA) is 114 Å². The zero-order valence-electron chi connectivity index (χ0n) is 27.2. The second-order valence-electron chi connectivity index (χ2n) is 12.6. The minimum absolute atomic E-state index is 0.0358. The molecule has 0 bridgehead atoms. The molecule has 0 atom stereocenters. The molecular formula is C37H42N6O4. The number of hydrogen-bond donors (Lipinski definition) is 3. The summed E-state index contributed by atoms with van der Waals surface area (Å²) in [5.74, 6) is 0.364. The number of morpholine rings is 1. The molecule has 10 heteroatoms. The monoisotopic (exact) mass is 634 g/mol. The summed E-state index contributed by atoms with van der Waals surface area (Å²) in [6.45, 7) is 10.7. The number of nitrogens with zero attached hydrogens (tertiary/aromatic N) is 4. The molecule has 3 aromatic carbocycles. The van der Waals surface area contributed by atoms with Crippen molar-refractivity contribution in [3.63, 3.8) is 0 Å². The fourth-order valence-electron chi connectivity index (χ4n) is 6.15. The van der Waals surface area contributed by atoms with E-state index in [1.54, 1.807) is 37.6 Å². The molecule has 2 aromatic heterocycles. The van der Waals surface area contributed by atoms with Crippen LogP contribution in [-0.2, 0) is 11.3 Å². The van der Waals surface area contributed by atoms with Crippen LogP contribution in [0, 0.1) is 6.92 Å². The first kappa shape index (κ1) is 32.2. The van der Waals surface area contributed by atoms with Crippen LogP contribution in [0.15, 0.2) is 89.9 Å².